The summed E-state index contributed by atoms with van der Waals surface area (Å²) in [5.74, 6) is -7.38. The molecule has 0 aliphatic heterocycles. The number of aliphatic carboxylic acids is 2. The molecule has 58 heavy (non-hydrogen) atoms. The number of unbranched alkanes of at least 4 members (excludes halogenated alkanes) is 4. The van der Waals surface area contributed by atoms with Crippen molar-refractivity contribution in [2.75, 3.05) is 0 Å². The molecular formula is C42H68N6O10. The Morgan fingerprint density at radius 2 is 1.16 bits per heavy atom. The van der Waals surface area contributed by atoms with Crippen molar-refractivity contribution >= 4 is 47.4 Å². The summed E-state index contributed by atoms with van der Waals surface area (Å²) in [5, 5.41) is 34.8. The molecule has 0 bridgehead atoms. The van der Waals surface area contributed by atoms with Crippen LogP contribution < -0.4 is 31.9 Å². The number of nitrogens with one attached hydrogen (secondary N) is 6. The Morgan fingerprint density at radius 3 is 1.71 bits per heavy atom. The number of rotatable bonds is 28. The van der Waals surface area contributed by atoms with Gasteiger partial charge in [-0.25, -0.2) is 4.79 Å². The van der Waals surface area contributed by atoms with Crippen LogP contribution in [0.1, 0.15) is 125 Å². The molecule has 0 spiro atoms. The van der Waals surface area contributed by atoms with Gasteiger partial charge in [-0.05, 0) is 49.5 Å². The van der Waals surface area contributed by atoms with Crippen molar-refractivity contribution in [1.82, 2.24) is 31.9 Å². The third-order valence-electron chi connectivity index (χ3n) is 9.84. The lowest BCUT2D eigenvalue weighted by Crippen LogP contribution is -2.60. The molecule has 0 aliphatic carbocycles. The van der Waals surface area contributed by atoms with Crippen molar-refractivity contribution < 1.29 is 48.6 Å². The van der Waals surface area contributed by atoms with Gasteiger partial charge in [0.05, 0.1) is 0 Å². The molecule has 16 heteroatoms. The van der Waals surface area contributed by atoms with Crippen LogP contribution in [0.15, 0.2) is 30.3 Å². The number of hydrogen-bond acceptors (Lipinski definition) is 8. The normalized spacial score (nSPS) is 14.8. The Hall–Kier alpha value is -5.02. The van der Waals surface area contributed by atoms with Gasteiger partial charge in [0.15, 0.2) is 0 Å². The third kappa shape index (κ3) is 19.4. The molecule has 326 valence electrons. The minimum absolute atomic E-state index is 0.0000243. The molecule has 1 aromatic carbocycles. The third-order valence-corrected chi connectivity index (χ3v) is 9.84. The fourth-order valence-corrected chi connectivity index (χ4v) is 6.12. The van der Waals surface area contributed by atoms with E-state index >= 15 is 0 Å². The largest absolute Gasteiger partial charge is 0.481 e. The molecule has 7 atom stereocenters. The first kappa shape index (κ1) is 51.0. The summed E-state index contributed by atoms with van der Waals surface area (Å²) >= 11 is 0. The van der Waals surface area contributed by atoms with E-state index in [1.807, 2.05) is 0 Å². The van der Waals surface area contributed by atoms with Crippen LogP contribution in [0.3, 0.4) is 0 Å². The Balaban J connectivity index is 3.30. The molecule has 8 N–H and O–H groups in total. The first-order chi connectivity index (χ1) is 27.3. The van der Waals surface area contributed by atoms with Crippen LogP contribution in [0.2, 0.25) is 0 Å². The van der Waals surface area contributed by atoms with Gasteiger partial charge in [-0.1, -0.05) is 111 Å². The van der Waals surface area contributed by atoms with Crippen LogP contribution in [-0.2, 0) is 44.8 Å². The number of carbonyl (C=O) groups excluding carboxylic acids is 6. The number of hydrogen-bond donors (Lipinski definition) is 8. The van der Waals surface area contributed by atoms with Gasteiger partial charge in [0.25, 0.3) is 0 Å². The van der Waals surface area contributed by atoms with Crippen LogP contribution in [-0.4, -0.2) is 93.8 Å². The zero-order valence-electron chi connectivity index (χ0n) is 35.5. The Morgan fingerprint density at radius 1 is 0.586 bits per heavy atom. The van der Waals surface area contributed by atoms with E-state index in [2.05, 4.69) is 38.8 Å². The van der Waals surface area contributed by atoms with E-state index in [9.17, 15) is 48.6 Å². The van der Waals surface area contributed by atoms with Crippen LogP contribution >= 0.6 is 0 Å². The Bertz CT molecular complexity index is 1500. The SMILES string of the molecule is CCCCCCCC(=O)N[C@H](C(=O)N[C@@H](Cc1ccccc1)C(=O)N[C@@H](CCC(=O)O)C(=O)N[C@@H](CC(C)C)C(=O)N[C@@H](C)C(=O)N[C@H](C(=O)O)[C@@H](C)CC)C(C)C. The molecule has 0 aromatic heterocycles. The Labute approximate surface area is 343 Å². The number of carboxylic acids is 2. The quantitative estimate of drug-likeness (QED) is 0.0574. The summed E-state index contributed by atoms with van der Waals surface area (Å²) in [5.41, 5.74) is 0.678. The summed E-state index contributed by atoms with van der Waals surface area (Å²) in [7, 11) is 0. The molecule has 0 radical (unpaired) electrons. The number of carboxylic acid groups (broad SMARTS) is 2. The predicted octanol–water partition coefficient (Wildman–Crippen LogP) is 3.22. The molecule has 0 fully saturated rings. The fourth-order valence-electron chi connectivity index (χ4n) is 6.12. The van der Waals surface area contributed by atoms with Gasteiger partial charge < -0.3 is 42.1 Å². The molecule has 1 rings (SSSR count). The van der Waals surface area contributed by atoms with Crippen LogP contribution in [0.4, 0.5) is 0 Å². The molecule has 0 saturated carbocycles. The fraction of sp³-hybridized carbons (Fsp3) is 0.667. The van der Waals surface area contributed by atoms with Crippen molar-refractivity contribution in [1.29, 1.82) is 0 Å². The number of amides is 6. The van der Waals surface area contributed by atoms with Gasteiger partial charge in [0.1, 0.15) is 36.3 Å². The average Bonchev–Trinajstić information content (AvgIpc) is 3.16. The predicted molar refractivity (Wildman–Crippen MR) is 219 cm³/mol. The molecule has 0 unspecified atom stereocenters. The van der Waals surface area contributed by atoms with Gasteiger partial charge >= 0.3 is 11.9 Å². The average molecular weight is 817 g/mol. The van der Waals surface area contributed by atoms with Crippen LogP contribution in [0, 0.1) is 17.8 Å². The van der Waals surface area contributed by atoms with E-state index in [0.717, 1.165) is 25.7 Å². The van der Waals surface area contributed by atoms with E-state index in [4.69, 9.17) is 0 Å². The first-order valence-electron chi connectivity index (χ1n) is 20.6. The zero-order chi connectivity index (χ0) is 43.9. The molecular weight excluding hydrogens is 748 g/mol. The molecule has 1 aromatic rings. The maximum absolute atomic E-state index is 14.0. The molecule has 0 heterocycles. The maximum atomic E-state index is 14.0. The standard InChI is InChI=1S/C42H68N6O10/c1-9-11-12-13-17-20-33(49)47-35(26(5)6)41(56)46-32(24-29-18-15-14-16-19-29)40(55)44-30(21-22-34(50)51)38(53)45-31(23-25(3)4)39(54)43-28(8)37(52)48-36(42(57)58)27(7)10-2/h14-16,18-19,25-28,30-32,35-36H,9-13,17,20-24H2,1-8H3,(H,43,54)(H,44,55)(H,45,53)(H,46,56)(H,47,49)(H,48,52)(H,50,51)(H,57,58)/t27-,28-,30-,31-,32-,35-,36-/m0/s1. The van der Waals surface area contributed by atoms with Crippen molar-refractivity contribution in [2.24, 2.45) is 17.8 Å². The van der Waals surface area contributed by atoms with Gasteiger partial charge in [-0.3, -0.25) is 33.6 Å². The van der Waals surface area contributed by atoms with Crippen molar-refractivity contribution in [3.8, 4) is 0 Å². The second-order valence-corrected chi connectivity index (χ2v) is 15.8. The highest BCUT2D eigenvalue weighted by Gasteiger charge is 2.34. The number of carbonyl (C=O) groups is 8. The lowest BCUT2D eigenvalue weighted by atomic mass is 9.99. The lowest BCUT2D eigenvalue weighted by molar-refractivity contribution is -0.144. The van der Waals surface area contributed by atoms with E-state index in [1.54, 1.807) is 71.9 Å². The number of benzene rings is 1. The van der Waals surface area contributed by atoms with Crippen LogP contribution in [0.25, 0.3) is 0 Å². The van der Waals surface area contributed by atoms with Gasteiger partial charge in [-0.15, -0.1) is 0 Å². The van der Waals surface area contributed by atoms with E-state index < -0.39 is 84.1 Å². The van der Waals surface area contributed by atoms with E-state index in [1.165, 1.54) is 6.92 Å². The van der Waals surface area contributed by atoms with Crippen molar-refractivity contribution in [3.05, 3.63) is 35.9 Å². The topological polar surface area (TPSA) is 249 Å². The summed E-state index contributed by atoms with van der Waals surface area (Å²) in [6.45, 7) is 14.1. The monoisotopic (exact) mass is 816 g/mol. The van der Waals surface area contributed by atoms with Gasteiger partial charge in [0, 0.05) is 19.3 Å². The van der Waals surface area contributed by atoms with Crippen LogP contribution in [0.5, 0.6) is 0 Å². The summed E-state index contributed by atoms with van der Waals surface area (Å²) in [4.78, 5) is 104. The van der Waals surface area contributed by atoms with E-state index in [0.29, 0.717) is 18.4 Å². The highest BCUT2D eigenvalue weighted by atomic mass is 16.4. The van der Waals surface area contributed by atoms with Crippen molar-refractivity contribution in [3.63, 3.8) is 0 Å². The molecule has 6 amide bonds. The van der Waals surface area contributed by atoms with Gasteiger partial charge in [-0.2, -0.15) is 0 Å². The molecule has 16 nitrogen and oxygen atoms in total. The summed E-state index contributed by atoms with van der Waals surface area (Å²) in [6.07, 6.45) is 4.68. The zero-order valence-corrected chi connectivity index (χ0v) is 35.5. The van der Waals surface area contributed by atoms with E-state index in [-0.39, 0.29) is 49.3 Å². The molecule has 0 aliphatic rings. The summed E-state index contributed by atoms with van der Waals surface area (Å²) < 4.78 is 0. The highest BCUT2D eigenvalue weighted by molar-refractivity contribution is 5.97. The minimum Gasteiger partial charge on any atom is -0.481 e. The first-order valence-corrected chi connectivity index (χ1v) is 20.6. The second kappa shape index (κ2) is 26.8. The highest BCUT2D eigenvalue weighted by Crippen LogP contribution is 2.12. The minimum atomic E-state index is -1.46. The maximum Gasteiger partial charge on any atom is 0.326 e. The second-order valence-electron chi connectivity index (χ2n) is 15.8. The Kier molecular flexibility index (Phi) is 23.6. The molecule has 0 saturated heterocycles. The smallest absolute Gasteiger partial charge is 0.326 e. The summed E-state index contributed by atoms with van der Waals surface area (Å²) in [6, 6.07) is 1.55. The van der Waals surface area contributed by atoms with Crippen molar-refractivity contribution in [2.45, 2.75) is 162 Å². The van der Waals surface area contributed by atoms with Gasteiger partial charge in [0.2, 0.25) is 35.4 Å². The lowest BCUT2D eigenvalue weighted by Gasteiger charge is -2.28.